The molecule has 1 aromatic heterocycles. The first-order valence-corrected chi connectivity index (χ1v) is 7.82. The van der Waals surface area contributed by atoms with Crippen molar-refractivity contribution >= 4 is 38.9 Å². The van der Waals surface area contributed by atoms with Crippen LogP contribution >= 0.6 is 38.9 Å². The van der Waals surface area contributed by atoms with Gasteiger partial charge in [-0.25, -0.2) is 4.98 Å². The third-order valence-electron chi connectivity index (χ3n) is 2.65. The van der Waals surface area contributed by atoms with Crippen molar-refractivity contribution in [3.8, 4) is 0 Å². The summed E-state index contributed by atoms with van der Waals surface area (Å²) in [6.45, 7) is 3.00. The molecule has 0 amide bonds. The molecule has 0 bridgehead atoms. The van der Waals surface area contributed by atoms with Crippen LogP contribution in [-0.4, -0.2) is 11.5 Å². The zero-order valence-electron chi connectivity index (χ0n) is 9.99. The van der Waals surface area contributed by atoms with Crippen molar-refractivity contribution in [1.29, 1.82) is 0 Å². The molecule has 96 valence electrons. The highest BCUT2D eigenvalue weighted by atomic mass is 79.9. The van der Waals surface area contributed by atoms with Crippen LogP contribution in [0.3, 0.4) is 0 Å². The Morgan fingerprint density at radius 3 is 2.94 bits per heavy atom. The Hall–Kier alpha value is -0.420. The zero-order chi connectivity index (χ0) is 13.0. The van der Waals surface area contributed by atoms with E-state index in [0.717, 1.165) is 33.0 Å². The average Bonchev–Trinajstić information content (AvgIpc) is 2.81. The number of hydrogen-bond donors (Lipinski definition) is 1. The first-order valence-electron chi connectivity index (χ1n) is 5.77. The quantitative estimate of drug-likeness (QED) is 0.866. The first-order chi connectivity index (χ1) is 8.70. The largest absolute Gasteiger partial charge is 0.310 e. The van der Waals surface area contributed by atoms with Gasteiger partial charge in [-0.15, -0.1) is 11.3 Å². The number of thiazole rings is 1. The molecule has 1 atom stereocenters. The summed E-state index contributed by atoms with van der Waals surface area (Å²) in [6.07, 6.45) is 2.71. The minimum absolute atomic E-state index is 0.210. The Kier molecular flexibility index (Phi) is 5.18. The van der Waals surface area contributed by atoms with Gasteiger partial charge in [-0.05, 0) is 24.2 Å². The van der Waals surface area contributed by atoms with Crippen LogP contribution in [0.1, 0.15) is 23.5 Å². The molecule has 2 nitrogen and oxygen atoms in total. The molecule has 0 aliphatic rings. The van der Waals surface area contributed by atoms with Crippen molar-refractivity contribution in [2.45, 2.75) is 19.4 Å². The van der Waals surface area contributed by atoms with E-state index in [1.165, 1.54) is 0 Å². The average molecular weight is 346 g/mol. The van der Waals surface area contributed by atoms with E-state index in [9.17, 15) is 0 Å². The molecule has 1 N–H and O–H groups in total. The van der Waals surface area contributed by atoms with E-state index in [-0.39, 0.29) is 6.04 Å². The van der Waals surface area contributed by atoms with Crippen LogP contribution in [0.4, 0.5) is 0 Å². The van der Waals surface area contributed by atoms with Crippen LogP contribution in [0, 0.1) is 0 Å². The molecule has 18 heavy (non-hydrogen) atoms. The van der Waals surface area contributed by atoms with Gasteiger partial charge in [0.1, 0.15) is 0 Å². The molecule has 1 aromatic carbocycles. The van der Waals surface area contributed by atoms with Crippen LogP contribution in [0.15, 0.2) is 34.2 Å². The standard InChI is InChI=1S/C13H14BrClN2S/c1-2-16-12(8-13-17-5-6-18-13)10-4-3-9(14)7-11(10)15/h3-7,12,16H,2,8H2,1H3. The highest BCUT2D eigenvalue weighted by molar-refractivity contribution is 9.10. The maximum Gasteiger partial charge on any atom is 0.0943 e. The summed E-state index contributed by atoms with van der Waals surface area (Å²) in [5.41, 5.74) is 1.12. The summed E-state index contributed by atoms with van der Waals surface area (Å²) >= 11 is 11.4. The lowest BCUT2D eigenvalue weighted by Crippen LogP contribution is -2.23. The van der Waals surface area contributed by atoms with Crippen molar-refractivity contribution in [2.24, 2.45) is 0 Å². The second-order valence-corrected chi connectivity index (χ2v) is 6.21. The normalized spacial score (nSPS) is 12.6. The molecule has 1 heterocycles. The van der Waals surface area contributed by atoms with Crippen LogP contribution in [0.25, 0.3) is 0 Å². The number of likely N-dealkylation sites (N-methyl/N-ethyl adjacent to an activating group) is 1. The van der Waals surface area contributed by atoms with Crippen LogP contribution in [0.2, 0.25) is 5.02 Å². The lowest BCUT2D eigenvalue weighted by molar-refractivity contribution is 0.549. The van der Waals surface area contributed by atoms with Crippen LogP contribution < -0.4 is 5.32 Å². The van der Waals surface area contributed by atoms with Gasteiger partial charge in [0, 0.05) is 33.5 Å². The van der Waals surface area contributed by atoms with Gasteiger partial charge < -0.3 is 5.32 Å². The molecule has 2 aromatic rings. The number of nitrogens with one attached hydrogen (secondary N) is 1. The van der Waals surface area contributed by atoms with Crippen molar-refractivity contribution in [2.75, 3.05) is 6.54 Å². The number of rotatable bonds is 5. The maximum absolute atomic E-state index is 6.31. The lowest BCUT2D eigenvalue weighted by Gasteiger charge is -2.18. The molecule has 2 rings (SSSR count). The molecule has 0 saturated carbocycles. The van der Waals surface area contributed by atoms with Crippen LogP contribution in [-0.2, 0) is 6.42 Å². The minimum Gasteiger partial charge on any atom is -0.310 e. The van der Waals surface area contributed by atoms with Crippen molar-refractivity contribution < 1.29 is 0 Å². The third kappa shape index (κ3) is 3.54. The molecule has 0 aliphatic carbocycles. The van der Waals surface area contributed by atoms with E-state index < -0.39 is 0 Å². The minimum atomic E-state index is 0.210. The fraction of sp³-hybridized carbons (Fsp3) is 0.308. The van der Waals surface area contributed by atoms with Crippen molar-refractivity contribution in [3.05, 3.63) is 49.8 Å². The first kappa shape index (κ1) is 14.0. The number of halogens is 2. The Morgan fingerprint density at radius 1 is 1.50 bits per heavy atom. The lowest BCUT2D eigenvalue weighted by atomic mass is 10.0. The van der Waals surface area contributed by atoms with Gasteiger partial charge in [-0.3, -0.25) is 0 Å². The summed E-state index contributed by atoms with van der Waals surface area (Å²) in [5.74, 6) is 0. The Bertz CT molecular complexity index is 502. The topological polar surface area (TPSA) is 24.9 Å². The van der Waals surface area contributed by atoms with Gasteiger partial charge in [-0.2, -0.15) is 0 Å². The molecular formula is C13H14BrClN2S. The van der Waals surface area contributed by atoms with Crippen molar-refractivity contribution in [1.82, 2.24) is 10.3 Å². The maximum atomic E-state index is 6.31. The molecule has 0 radical (unpaired) electrons. The summed E-state index contributed by atoms with van der Waals surface area (Å²) in [7, 11) is 0. The Labute approximate surface area is 125 Å². The second kappa shape index (κ2) is 6.66. The van der Waals surface area contributed by atoms with Crippen LogP contribution in [0.5, 0.6) is 0 Å². The molecule has 0 aliphatic heterocycles. The smallest absolute Gasteiger partial charge is 0.0943 e. The summed E-state index contributed by atoms with van der Waals surface area (Å²) in [6, 6.07) is 6.23. The summed E-state index contributed by atoms with van der Waals surface area (Å²) in [4.78, 5) is 4.34. The third-order valence-corrected chi connectivity index (χ3v) is 4.27. The van der Waals surface area contributed by atoms with E-state index in [1.807, 2.05) is 23.7 Å². The fourth-order valence-electron chi connectivity index (χ4n) is 1.85. The molecule has 0 fully saturated rings. The van der Waals surface area contributed by atoms with Gasteiger partial charge in [-0.1, -0.05) is 40.5 Å². The van der Waals surface area contributed by atoms with Gasteiger partial charge in [0.15, 0.2) is 0 Å². The van der Waals surface area contributed by atoms with Gasteiger partial charge in [0.25, 0.3) is 0 Å². The highest BCUT2D eigenvalue weighted by Gasteiger charge is 2.15. The number of hydrogen-bond acceptors (Lipinski definition) is 3. The summed E-state index contributed by atoms with van der Waals surface area (Å²) < 4.78 is 1.00. The second-order valence-electron chi connectivity index (χ2n) is 3.91. The predicted molar refractivity (Wildman–Crippen MR) is 81.4 cm³/mol. The van der Waals surface area contributed by atoms with E-state index in [0.29, 0.717) is 0 Å². The Balaban J connectivity index is 2.23. The number of nitrogens with zero attached hydrogens (tertiary/aromatic N) is 1. The molecule has 1 unspecified atom stereocenters. The van der Waals surface area contributed by atoms with E-state index >= 15 is 0 Å². The van der Waals surface area contributed by atoms with E-state index in [1.54, 1.807) is 11.3 Å². The summed E-state index contributed by atoms with van der Waals surface area (Å²) in [5, 5.41) is 7.37. The Morgan fingerprint density at radius 2 is 2.33 bits per heavy atom. The molecule has 0 saturated heterocycles. The monoisotopic (exact) mass is 344 g/mol. The van der Waals surface area contributed by atoms with Gasteiger partial charge in [0.2, 0.25) is 0 Å². The molecular weight excluding hydrogens is 332 g/mol. The highest BCUT2D eigenvalue weighted by Crippen LogP contribution is 2.28. The molecule has 0 spiro atoms. The van der Waals surface area contributed by atoms with Gasteiger partial charge >= 0.3 is 0 Å². The predicted octanol–water partition coefficient (Wildman–Crippen LogP) is 4.45. The van der Waals surface area contributed by atoms with E-state index in [2.05, 4.69) is 39.2 Å². The number of benzene rings is 1. The zero-order valence-corrected chi connectivity index (χ0v) is 13.1. The molecule has 5 heteroatoms. The number of aromatic nitrogens is 1. The van der Waals surface area contributed by atoms with Crippen molar-refractivity contribution in [3.63, 3.8) is 0 Å². The van der Waals surface area contributed by atoms with E-state index in [4.69, 9.17) is 11.6 Å². The SMILES string of the molecule is CCNC(Cc1nccs1)c1ccc(Br)cc1Cl. The van der Waals surface area contributed by atoms with Gasteiger partial charge in [0.05, 0.1) is 5.01 Å². The fourth-order valence-corrected chi connectivity index (χ4v) is 3.32.